The van der Waals surface area contributed by atoms with E-state index in [-0.39, 0.29) is 23.8 Å². The molecule has 2 amide bonds. The number of carbonyl (C=O) groups is 3. The second-order valence-electron chi connectivity index (χ2n) is 9.32. The Balaban J connectivity index is 1.21. The molecule has 2 saturated carbocycles. The summed E-state index contributed by atoms with van der Waals surface area (Å²) in [4.78, 5) is 36.1. The van der Waals surface area contributed by atoms with Crippen LogP contribution >= 0.6 is 0 Å². The van der Waals surface area contributed by atoms with E-state index in [2.05, 4.69) is 16.7 Å². The van der Waals surface area contributed by atoms with Gasteiger partial charge in [0.15, 0.2) is 0 Å². The minimum absolute atomic E-state index is 0.00302. The number of hydrogen-bond donors (Lipinski definition) is 3. The van der Waals surface area contributed by atoms with E-state index in [4.69, 9.17) is 9.84 Å². The van der Waals surface area contributed by atoms with Gasteiger partial charge < -0.3 is 20.5 Å². The normalized spacial score (nSPS) is 19.8. The van der Waals surface area contributed by atoms with Crippen LogP contribution in [0.4, 0.5) is 0 Å². The van der Waals surface area contributed by atoms with Crippen molar-refractivity contribution in [1.29, 1.82) is 0 Å². The number of rotatable bonds is 9. The number of aryl methyl sites for hydroxylation is 1. The molecule has 0 radical (unpaired) electrons. The lowest BCUT2D eigenvalue weighted by atomic mass is 9.87. The van der Waals surface area contributed by atoms with Crippen LogP contribution in [-0.4, -0.2) is 42.1 Å². The fourth-order valence-corrected chi connectivity index (χ4v) is 4.48. The quantitative estimate of drug-likeness (QED) is 0.486. The third kappa shape index (κ3) is 6.16. The lowest BCUT2D eigenvalue weighted by Crippen LogP contribution is -2.35. The van der Waals surface area contributed by atoms with Crippen molar-refractivity contribution in [3.63, 3.8) is 0 Å². The van der Waals surface area contributed by atoms with Crippen LogP contribution in [-0.2, 0) is 4.79 Å². The maximum absolute atomic E-state index is 12.6. The van der Waals surface area contributed by atoms with E-state index in [9.17, 15) is 14.4 Å². The van der Waals surface area contributed by atoms with E-state index in [1.807, 2.05) is 31.2 Å². The van der Waals surface area contributed by atoms with Crippen LogP contribution in [0, 0.1) is 12.8 Å². The molecular weight excluding hydrogens is 432 g/mol. The first kappa shape index (κ1) is 23.8. The lowest BCUT2D eigenvalue weighted by molar-refractivity contribution is -0.143. The van der Waals surface area contributed by atoms with Gasteiger partial charge in [0.1, 0.15) is 5.75 Å². The molecule has 2 fully saturated rings. The van der Waals surface area contributed by atoms with Crippen molar-refractivity contribution >= 4 is 17.8 Å². The van der Waals surface area contributed by atoms with Crippen molar-refractivity contribution in [2.75, 3.05) is 13.1 Å². The number of nitrogens with one attached hydrogen (secondary N) is 2. The Hall–Kier alpha value is -3.35. The second kappa shape index (κ2) is 10.7. The van der Waals surface area contributed by atoms with E-state index >= 15 is 0 Å². The first-order chi connectivity index (χ1) is 16.4. The van der Waals surface area contributed by atoms with Crippen molar-refractivity contribution in [3.8, 4) is 5.75 Å². The summed E-state index contributed by atoms with van der Waals surface area (Å²) in [5.41, 5.74) is 3.23. The first-order valence-electron chi connectivity index (χ1n) is 12.1. The predicted octanol–water partition coefficient (Wildman–Crippen LogP) is 4.05. The molecule has 2 aromatic rings. The second-order valence-corrected chi connectivity index (χ2v) is 9.32. The Morgan fingerprint density at radius 3 is 2.26 bits per heavy atom. The zero-order chi connectivity index (χ0) is 24.1. The third-order valence-corrected chi connectivity index (χ3v) is 6.66. The molecule has 0 saturated heterocycles. The van der Waals surface area contributed by atoms with Crippen molar-refractivity contribution in [2.45, 2.75) is 57.5 Å². The molecule has 2 aliphatic rings. The standard InChI is InChI=1S/C27H32N2O5/c1-17-15-23(34-22-9-7-19(8-10-22)27(32)33)11-12-24(17)26(31)29-14-13-28-25(30)21-4-2-3-20(16-21)18-5-6-18/h2-4,11-12,15-16,18-19,22H,5-10,13-14H2,1H3,(H,28,30)(H,29,31)(H,32,33)/t19-,22+. The Morgan fingerprint density at radius 1 is 0.912 bits per heavy atom. The minimum atomic E-state index is -0.730. The van der Waals surface area contributed by atoms with E-state index in [0.717, 1.165) is 18.4 Å². The van der Waals surface area contributed by atoms with Crippen LogP contribution in [0.3, 0.4) is 0 Å². The zero-order valence-corrected chi connectivity index (χ0v) is 19.5. The molecular formula is C27H32N2O5. The molecule has 0 bridgehead atoms. The van der Waals surface area contributed by atoms with Crippen molar-refractivity contribution < 1.29 is 24.2 Å². The minimum Gasteiger partial charge on any atom is -0.490 e. The van der Waals surface area contributed by atoms with Gasteiger partial charge >= 0.3 is 5.97 Å². The fourth-order valence-electron chi connectivity index (χ4n) is 4.48. The summed E-state index contributed by atoms with van der Waals surface area (Å²) in [6.07, 6.45) is 5.07. The van der Waals surface area contributed by atoms with Crippen molar-refractivity contribution in [2.24, 2.45) is 5.92 Å². The molecule has 0 atom stereocenters. The van der Waals surface area contributed by atoms with Crippen LogP contribution in [0.5, 0.6) is 5.75 Å². The summed E-state index contributed by atoms with van der Waals surface area (Å²) in [7, 11) is 0. The van der Waals surface area contributed by atoms with Gasteiger partial charge in [-0.05, 0) is 92.8 Å². The average molecular weight is 465 g/mol. The Kier molecular flexibility index (Phi) is 7.50. The molecule has 2 aromatic carbocycles. The van der Waals surface area contributed by atoms with Gasteiger partial charge in [-0.2, -0.15) is 0 Å². The number of amides is 2. The molecule has 2 aliphatic carbocycles. The monoisotopic (exact) mass is 464 g/mol. The van der Waals surface area contributed by atoms with Crippen molar-refractivity contribution in [3.05, 3.63) is 64.7 Å². The first-order valence-corrected chi connectivity index (χ1v) is 12.1. The van der Waals surface area contributed by atoms with E-state index in [0.29, 0.717) is 48.7 Å². The fraction of sp³-hybridized carbons (Fsp3) is 0.444. The van der Waals surface area contributed by atoms with Gasteiger partial charge in [-0.25, -0.2) is 0 Å². The highest BCUT2D eigenvalue weighted by Gasteiger charge is 2.27. The number of carboxylic acids is 1. The van der Waals surface area contributed by atoms with Crippen LogP contribution < -0.4 is 15.4 Å². The van der Waals surface area contributed by atoms with Gasteiger partial charge in [0, 0.05) is 24.2 Å². The molecule has 7 nitrogen and oxygen atoms in total. The lowest BCUT2D eigenvalue weighted by Gasteiger charge is -2.27. The van der Waals surface area contributed by atoms with Crippen LogP contribution in [0.25, 0.3) is 0 Å². The maximum Gasteiger partial charge on any atom is 0.306 e. The van der Waals surface area contributed by atoms with Gasteiger partial charge in [0.05, 0.1) is 12.0 Å². The molecule has 0 spiro atoms. The summed E-state index contributed by atoms with van der Waals surface area (Å²) in [6.45, 7) is 2.53. The topological polar surface area (TPSA) is 105 Å². The summed E-state index contributed by atoms with van der Waals surface area (Å²) >= 11 is 0. The summed E-state index contributed by atoms with van der Waals surface area (Å²) < 4.78 is 6.02. The van der Waals surface area contributed by atoms with Gasteiger partial charge in [-0.1, -0.05) is 12.1 Å². The Bertz CT molecular complexity index is 1050. The molecule has 34 heavy (non-hydrogen) atoms. The van der Waals surface area contributed by atoms with Gasteiger partial charge in [-0.15, -0.1) is 0 Å². The van der Waals surface area contributed by atoms with Gasteiger partial charge in [0.25, 0.3) is 11.8 Å². The van der Waals surface area contributed by atoms with Crippen LogP contribution in [0.1, 0.15) is 76.3 Å². The number of carboxylic acid groups (broad SMARTS) is 1. The zero-order valence-electron chi connectivity index (χ0n) is 19.5. The van der Waals surface area contributed by atoms with Gasteiger partial charge in [-0.3, -0.25) is 14.4 Å². The van der Waals surface area contributed by atoms with E-state index < -0.39 is 5.97 Å². The van der Waals surface area contributed by atoms with E-state index in [1.54, 1.807) is 12.1 Å². The SMILES string of the molecule is Cc1cc(O[C@H]2CC[C@@H](C(=O)O)CC2)ccc1C(=O)NCCNC(=O)c1cccc(C2CC2)c1. The molecule has 0 heterocycles. The summed E-state index contributed by atoms with van der Waals surface area (Å²) in [5, 5.41) is 14.8. The molecule has 0 unspecified atom stereocenters. The number of carbonyl (C=O) groups excluding carboxylic acids is 2. The van der Waals surface area contributed by atoms with E-state index in [1.165, 1.54) is 18.4 Å². The average Bonchev–Trinajstić information content (AvgIpc) is 3.68. The highest BCUT2D eigenvalue weighted by atomic mass is 16.5. The summed E-state index contributed by atoms with van der Waals surface area (Å²) in [5.74, 6) is -0.0484. The number of aliphatic carboxylic acids is 1. The smallest absolute Gasteiger partial charge is 0.306 e. The molecule has 0 aromatic heterocycles. The highest BCUT2D eigenvalue weighted by Crippen LogP contribution is 2.40. The molecule has 0 aliphatic heterocycles. The number of ether oxygens (including phenoxy) is 1. The Morgan fingerprint density at radius 2 is 1.62 bits per heavy atom. The summed E-state index contributed by atoms with van der Waals surface area (Å²) in [6, 6.07) is 13.1. The largest absolute Gasteiger partial charge is 0.490 e. The maximum atomic E-state index is 12.6. The molecule has 7 heteroatoms. The third-order valence-electron chi connectivity index (χ3n) is 6.66. The van der Waals surface area contributed by atoms with Crippen LogP contribution in [0.2, 0.25) is 0 Å². The van der Waals surface area contributed by atoms with Gasteiger partial charge in [0.2, 0.25) is 0 Å². The van der Waals surface area contributed by atoms with Crippen molar-refractivity contribution in [1.82, 2.24) is 10.6 Å². The molecule has 4 rings (SSSR count). The molecule has 3 N–H and O–H groups in total. The molecule has 180 valence electrons. The predicted molar refractivity (Wildman–Crippen MR) is 128 cm³/mol. The Labute approximate surface area is 199 Å². The highest BCUT2D eigenvalue weighted by molar-refractivity contribution is 5.96. The number of benzene rings is 2. The number of hydrogen-bond acceptors (Lipinski definition) is 4. The van der Waals surface area contributed by atoms with Crippen LogP contribution in [0.15, 0.2) is 42.5 Å².